The Labute approximate surface area is 78.9 Å². The third kappa shape index (κ3) is 2.79. The fourth-order valence-electron chi connectivity index (χ4n) is 1.16. The van der Waals surface area contributed by atoms with Crippen molar-refractivity contribution in [3.63, 3.8) is 0 Å². The Kier molecular flexibility index (Phi) is 3.39. The topological polar surface area (TPSA) is 48.1 Å². The highest BCUT2D eigenvalue weighted by molar-refractivity contribution is 5.18. The zero-order chi connectivity index (χ0) is 9.73. The van der Waals surface area contributed by atoms with Gasteiger partial charge < -0.3 is 10.5 Å². The molecule has 1 unspecified atom stereocenters. The lowest BCUT2D eigenvalue weighted by atomic mass is 9.91. The largest absolute Gasteiger partial charge is 0.385 e. The second kappa shape index (κ2) is 4.35. The summed E-state index contributed by atoms with van der Waals surface area (Å²) >= 11 is 0. The lowest BCUT2D eigenvalue weighted by molar-refractivity contribution is 0.172. The second-order valence-electron chi connectivity index (χ2n) is 3.40. The van der Waals surface area contributed by atoms with Crippen molar-refractivity contribution in [3.8, 4) is 0 Å². The van der Waals surface area contributed by atoms with Crippen LogP contribution in [0.4, 0.5) is 0 Å². The Bertz CT molecular complexity index is 246. The molecule has 1 aromatic heterocycles. The Hall–Kier alpha value is -0.930. The predicted octanol–water partition coefficient (Wildman–Crippen LogP) is 1.29. The van der Waals surface area contributed by atoms with E-state index in [2.05, 4.69) is 4.98 Å². The quantitative estimate of drug-likeness (QED) is 0.759. The Morgan fingerprint density at radius 3 is 2.92 bits per heavy atom. The lowest BCUT2D eigenvalue weighted by Crippen LogP contribution is -2.34. The van der Waals surface area contributed by atoms with E-state index in [-0.39, 0.29) is 5.54 Å². The first-order chi connectivity index (χ1) is 6.17. The molecular weight excluding hydrogens is 164 g/mol. The van der Waals surface area contributed by atoms with Crippen molar-refractivity contribution in [2.75, 3.05) is 13.7 Å². The summed E-state index contributed by atoms with van der Waals surface area (Å²) in [4.78, 5) is 4.04. The van der Waals surface area contributed by atoms with Crippen molar-refractivity contribution >= 4 is 0 Å². The molecule has 0 aliphatic carbocycles. The van der Waals surface area contributed by atoms with E-state index >= 15 is 0 Å². The van der Waals surface area contributed by atoms with Crippen molar-refractivity contribution in [1.29, 1.82) is 0 Å². The van der Waals surface area contributed by atoms with E-state index in [0.29, 0.717) is 6.61 Å². The van der Waals surface area contributed by atoms with Gasteiger partial charge in [-0.3, -0.25) is 4.98 Å². The highest BCUT2D eigenvalue weighted by atomic mass is 16.5. The maximum absolute atomic E-state index is 6.10. The zero-order valence-corrected chi connectivity index (χ0v) is 8.16. The van der Waals surface area contributed by atoms with E-state index in [1.807, 2.05) is 19.1 Å². The highest BCUT2D eigenvalue weighted by Gasteiger charge is 2.20. The molecule has 0 fully saturated rings. The smallest absolute Gasteiger partial charge is 0.0483 e. The first-order valence-electron chi connectivity index (χ1n) is 4.35. The second-order valence-corrected chi connectivity index (χ2v) is 3.40. The molecule has 0 aliphatic rings. The van der Waals surface area contributed by atoms with Crippen LogP contribution >= 0.6 is 0 Å². The molecule has 72 valence electrons. The van der Waals surface area contributed by atoms with Crippen LogP contribution in [0.1, 0.15) is 18.9 Å². The molecule has 1 heterocycles. The van der Waals surface area contributed by atoms with Gasteiger partial charge in [-0.25, -0.2) is 0 Å². The SMILES string of the molecule is COCCC(C)(N)c1cccnc1. The number of hydrogen-bond donors (Lipinski definition) is 1. The summed E-state index contributed by atoms with van der Waals surface area (Å²) in [5, 5.41) is 0. The summed E-state index contributed by atoms with van der Waals surface area (Å²) in [5.41, 5.74) is 6.81. The number of nitrogens with zero attached hydrogens (tertiary/aromatic N) is 1. The maximum atomic E-state index is 6.10. The van der Waals surface area contributed by atoms with Gasteiger partial charge in [0.05, 0.1) is 0 Å². The fraction of sp³-hybridized carbons (Fsp3) is 0.500. The average Bonchev–Trinajstić information content (AvgIpc) is 2.16. The van der Waals surface area contributed by atoms with Gasteiger partial charge in [-0.05, 0) is 25.0 Å². The molecule has 1 atom stereocenters. The zero-order valence-electron chi connectivity index (χ0n) is 8.16. The van der Waals surface area contributed by atoms with Gasteiger partial charge in [-0.1, -0.05) is 6.07 Å². The van der Waals surface area contributed by atoms with Crippen molar-refractivity contribution in [1.82, 2.24) is 4.98 Å². The number of ether oxygens (including phenoxy) is 1. The van der Waals surface area contributed by atoms with Gasteiger partial charge in [0.15, 0.2) is 0 Å². The van der Waals surface area contributed by atoms with Crippen molar-refractivity contribution in [3.05, 3.63) is 30.1 Å². The van der Waals surface area contributed by atoms with Gasteiger partial charge in [0.25, 0.3) is 0 Å². The third-order valence-electron chi connectivity index (χ3n) is 2.15. The van der Waals surface area contributed by atoms with Gasteiger partial charge in [-0.2, -0.15) is 0 Å². The predicted molar refractivity (Wildman–Crippen MR) is 52.3 cm³/mol. The molecule has 0 saturated heterocycles. The molecule has 0 amide bonds. The number of nitrogens with two attached hydrogens (primary N) is 1. The van der Waals surface area contributed by atoms with Gasteiger partial charge in [0.2, 0.25) is 0 Å². The normalized spacial score (nSPS) is 15.3. The number of rotatable bonds is 4. The van der Waals surface area contributed by atoms with E-state index in [4.69, 9.17) is 10.5 Å². The first kappa shape index (κ1) is 10.2. The number of hydrogen-bond acceptors (Lipinski definition) is 3. The Balaban J connectivity index is 2.69. The first-order valence-corrected chi connectivity index (χ1v) is 4.35. The lowest BCUT2D eigenvalue weighted by Gasteiger charge is -2.24. The van der Waals surface area contributed by atoms with Gasteiger partial charge >= 0.3 is 0 Å². The molecule has 13 heavy (non-hydrogen) atoms. The molecule has 0 radical (unpaired) electrons. The van der Waals surface area contributed by atoms with E-state index in [9.17, 15) is 0 Å². The molecule has 0 aliphatic heterocycles. The minimum atomic E-state index is -0.343. The summed E-state index contributed by atoms with van der Waals surface area (Å²) in [7, 11) is 1.68. The van der Waals surface area contributed by atoms with Crippen molar-refractivity contribution < 1.29 is 4.74 Å². The number of aromatic nitrogens is 1. The van der Waals surface area contributed by atoms with E-state index < -0.39 is 0 Å². The maximum Gasteiger partial charge on any atom is 0.0483 e. The Morgan fingerprint density at radius 1 is 1.62 bits per heavy atom. The number of methoxy groups -OCH3 is 1. The molecule has 3 nitrogen and oxygen atoms in total. The van der Waals surface area contributed by atoms with Crippen molar-refractivity contribution in [2.45, 2.75) is 18.9 Å². The molecule has 3 heteroatoms. The molecular formula is C10H16N2O. The van der Waals surface area contributed by atoms with Crippen LogP contribution in [0, 0.1) is 0 Å². The molecule has 2 N–H and O–H groups in total. The van der Waals surface area contributed by atoms with Gasteiger partial charge in [0.1, 0.15) is 0 Å². The molecule has 0 aromatic carbocycles. The monoisotopic (exact) mass is 180 g/mol. The van der Waals surface area contributed by atoms with E-state index in [1.165, 1.54) is 0 Å². The van der Waals surface area contributed by atoms with Crippen LogP contribution < -0.4 is 5.73 Å². The molecule has 0 saturated carbocycles. The van der Waals surface area contributed by atoms with Crippen LogP contribution in [0.3, 0.4) is 0 Å². The molecule has 1 rings (SSSR count). The molecule has 1 aromatic rings. The summed E-state index contributed by atoms with van der Waals surface area (Å²) in [6.07, 6.45) is 4.35. The van der Waals surface area contributed by atoms with Gasteiger partial charge in [0, 0.05) is 31.6 Å². The van der Waals surface area contributed by atoms with Crippen LogP contribution in [-0.4, -0.2) is 18.7 Å². The van der Waals surface area contributed by atoms with E-state index in [1.54, 1.807) is 19.5 Å². The van der Waals surface area contributed by atoms with Crippen LogP contribution in [0.2, 0.25) is 0 Å². The summed E-state index contributed by atoms with van der Waals surface area (Å²) in [5.74, 6) is 0. The standard InChI is InChI=1S/C10H16N2O/c1-10(11,5-7-13-2)9-4-3-6-12-8-9/h3-4,6,8H,5,7,11H2,1-2H3. The fourth-order valence-corrected chi connectivity index (χ4v) is 1.16. The minimum absolute atomic E-state index is 0.343. The third-order valence-corrected chi connectivity index (χ3v) is 2.15. The Morgan fingerprint density at radius 2 is 2.38 bits per heavy atom. The van der Waals surface area contributed by atoms with Crippen LogP contribution in [0.25, 0.3) is 0 Å². The molecule has 0 bridgehead atoms. The minimum Gasteiger partial charge on any atom is -0.385 e. The summed E-state index contributed by atoms with van der Waals surface area (Å²) in [6, 6.07) is 3.88. The molecule has 0 spiro atoms. The van der Waals surface area contributed by atoms with E-state index in [0.717, 1.165) is 12.0 Å². The highest BCUT2D eigenvalue weighted by Crippen LogP contribution is 2.19. The summed E-state index contributed by atoms with van der Waals surface area (Å²) in [6.45, 7) is 2.66. The average molecular weight is 180 g/mol. The van der Waals surface area contributed by atoms with Crippen molar-refractivity contribution in [2.24, 2.45) is 5.73 Å². The van der Waals surface area contributed by atoms with Crippen LogP contribution in [0.5, 0.6) is 0 Å². The number of pyridine rings is 1. The van der Waals surface area contributed by atoms with Crippen LogP contribution in [0.15, 0.2) is 24.5 Å². The summed E-state index contributed by atoms with van der Waals surface area (Å²) < 4.78 is 5.00. The van der Waals surface area contributed by atoms with Crippen LogP contribution in [-0.2, 0) is 10.3 Å². The van der Waals surface area contributed by atoms with Gasteiger partial charge in [-0.15, -0.1) is 0 Å².